The van der Waals surface area contributed by atoms with E-state index < -0.39 is 10.0 Å². The molecular weight excluding hydrogens is 328 g/mol. The molecule has 0 spiro atoms. The number of nitrogens with one attached hydrogen (secondary N) is 2. The number of hydrogen-bond donors (Lipinski definition) is 2. The van der Waals surface area contributed by atoms with Crippen LogP contribution < -0.4 is 4.72 Å². The second-order valence-corrected chi connectivity index (χ2v) is 6.61. The first-order chi connectivity index (χ1) is 10.4. The van der Waals surface area contributed by atoms with Crippen molar-refractivity contribution in [3.63, 3.8) is 0 Å². The van der Waals surface area contributed by atoms with E-state index in [1.807, 2.05) is 0 Å². The SMILES string of the molecule is Cc1nnc(-c2cc(S(=O)(=O)Nc3cccc(Cl)c3)c[nH]2)o1. The summed E-state index contributed by atoms with van der Waals surface area (Å²) in [6.07, 6.45) is 1.35. The molecule has 0 fully saturated rings. The Morgan fingerprint density at radius 1 is 1.27 bits per heavy atom. The summed E-state index contributed by atoms with van der Waals surface area (Å²) < 4.78 is 32.3. The zero-order valence-electron chi connectivity index (χ0n) is 11.4. The molecule has 0 saturated heterocycles. The molecule has 9 heteroatoms. The number of aromatic amines is 1. The summed E-state index contributed by atoms with van der Waals surface area (Å²) in [4.78, 5) is 2.85. The maximum atomic E-state index is 12.3. The van der Waals surface area contributed by atoms with Crippen LogP contribution >= 0.6 is 11.6 Å². The minimum absolute atomic E-state index is 0.0540. The minimum atomic E-state index is -3.74. The van der Waals surface area contributed by atoms with E-state index in [4.69, 9.17) is 16.0 Å². The summed E-state index contributed by atoms with van der Waals surface area (Å²) >= 11 is 5.84. The molecule has 2 aromatic heterocycles. The summed E-state index contributed by atoms with van der Waals surface area (Å²) in [6.45, 7) is 1.65. The molecule has 0 saturated carbocycles. The molecule has 2 N–H and O–H groups in total. The van der Waals surface area contributed by atoms with E-state index in [1.54, 1.807) is 25.1 Å². The molecule has 114 valence electrons. The molecule has 3 rings (SSSR count). The van der Waals surface area contributed by atoms with Gasteiger partial charge >= 0.3 is 0 Å². The van der Waals surface area contributed by atoms with Crippen molar-refractivity contribution in [1.82, 2.24) is 15.2 Å². The zero-order chi connectivity index (χ0) is 15.7. The number of halogens is 1. The standard InChI is InChI=1S/C13H11ClN4O3S/c1-8-16-17-13(21-8)12-6-11(7-15-12)22(19,20)18-10-4-2-3-9(14)5-10/h2-7,15,18H,1H3. The molecular formula is C13H11ClN4O3S. The first kappa shape index (κ1) is 14.6. The van der Waals surface area contributed by atoms with Crippen LogP contribution in [0, 0.1) is 6.92 Å². The molecule has 22 heavy (non-hydrogen) atoms. The van der Waals surface area contributed by atoms with Gasteiger partial charge in [-0.05, 0) is 24.3 Å². The first-order valence-electron chi connectivity index (χ1n) is 6.21. The number of hydrogen-bond acceptors (Lipinski definition) is 5. The molecule has 3 aromatic rings. The predicted molar refractivity (Wildman–Crippen MR) is 81.1 cm³/mol. The van der Waals surface area contributed by atoms with Gasteiger partial charge in [0.05, 0.1) is 5.69 Å². The number of benzene rings is 1. The number of aromatic nitrogens is 3. The highest BCUT2D eigenvalue weighted by molar-refractivity contribution is 7.92. The number of rotatable bonds is 4. The van der Waals surface area contributed by atoms with Gasteiger partial charge in [-0.3, -0.25) is 4.72 Å². The molecule has 0 unspecified atom stereocenters. The van der Waals surface area contributed by atoms with Gasteiger partial charge in [-0.1, -0.05) is 17.7 Å². The highest BCUT2D eigenvalue weighted by Crippen LogP contribution is 2.23. The van der Waals surface area contributed by atoms with Gasteiger partial charge < -0.3 is 9.40 Å². The smallest absolute Gasteiger partial charge is 0.264 e. The fraction of sp³-hybridized carbons (Fsp3) is 0.0769. The molecule has 0 aliphatic rings. The predicted octanol–water partition coefficient (Wildman–Crippen LogP) is 2.83. The fourth-order valence-corrected chi connectivity index (χ4v) is 3.06. The van der Waals surface area contributed by atoms with E-state index in [0.29, 0.717) is 22.3 Å². The van der Waals surface area contributed by atoms with Gasteiger partial charge in [0, 0.05) is 18.1 Å². The van der Waals surface area contributed by atoms with Gasteiger partial charge in [0.2, 0.25) is 5.89 Å². The summed E-state index contributed by atoms with van der Waals surface area (Å²) in [5.41, 5.74) is 0.802. The van der Waals surface area contributed by atoms with Crippen molar-refractivity contribution in [2.45, 2.75) is 11.8 Å². The number of sulfonamides is 1. The van der Waals surface area contributed by atoms with Crippen molar-refractivity contribution in [2.24, 2.45) is 0 Å². The second kappa shape index (κ2) is 5.47. The maximum Gasteiger partial charge on any atom is 0.264 e. The van der Waals surface area contributed by atoms with Crippen LogP contribution in [0.3, 0.4) is 0 Å². The third kappa shape index (κ3) is 2.97. The van der Waals surface area contributed by atoms with Crippen LogP contribution in [0.25, 0.3) is 11.6 Å². The summed E-state index contributed by atoms with van der Waals surface area (Å²) in [5, 5.41) is 7.96. The molecule has 0 aliphatic carbocycles. The summed E-state index contributed by atoms with van der Waals surface area (Å²) in [7, 11) is -3.74. The number of aryl methyl sites for hydroxylation is 1. The largest absolute Gasteiger partial charge is 0.420 e. The molecule has 0 amide bonds. The van der Waals surface area contributed by atoms with Crippen molar-refractivity contribution in [1.29, 1.82) is 0 Å². The Morgan fingerprint density at radius 3 is 2.77 bits per heavy atom. The van der Waals surface area contributed by atoms with Gasteiger partial charge in [0.15, 0.2) is 0 Å². The van der Waals surface area contributed by atoms with E-state index in [-0.39, 0.29) is 10.8 Å². The zero-order valence-corrected chi connectivity index (χ0v) is 12.9. The highest BCUT2D eigenvalue weighted by Gasteiger charge is 2.18. The van der Waals surface area contributed by atoms with Crippen molar-refractivity contribution < 1.29 is 12.8 Å². The van der Waals surface area contributed by atoms with Crippen molar-refractivity contribution in [3.05, 3.63) is 47.4 Å². The third-order valence-corrected chi connectivity index (χ3v) is 4.40. The van der Waals surface area contributed by atoms with Crippen LogP contribution in [0.4, 0.5) is 5.69 Å². The van der Waals surface area contributed by atoms with Gasteiger partial charge in [-0.25, -0.2) is 8.42 Å². The molecule has 0 aliphatic heterocycles. The number of anilines is 1. The van der Waals surface area contributed by atoms with Crippen LogP contribution in [0.15, 0.2) is 45.8 Å². The normalized spacial score (nSPS) is 11.5. The van der Waals surface area contributed by atoms with E-state index in [2.05, 4.69) is 19.9 Å². The number of H-pyrrole nitrogens is 1. The summed E-state index contributed by atoms with van der Waals surface area (Å²) in [5.74, 6) is 0.618. The third-order valence-electron chi connectivity index (χ3n) is 2.80. The summed E-state index contributed by atoms with van der Waals surface area (Å²) in [6, 6.07) is 7.86. The van der Waals surface area contributed by atoms with Crippen LogP contribution in [0.1, 0.15) is 5.89 Å². The lowest BCUT2D eigenvalue weighted by molar-refractivity contribution is 0.531. The highest BCUT2D eigenvalue weighted by atomic mass is 35.5. The first-order valence-corrected chi connectivity index (χ1v) is 8.07. The van der Waals surface area contributed by atoms with Crippen LogP contribution in [0.5, 0.6) is 0 Å². The van der Waals surface area contributed by atoms with E-state index >= 15 is 0 Å². The second-order valence-electron chi connectivity index (χ2n) is 4.49. The van der Waals surface area contributed by atoms with Crippen LogP contribution in [-0.2, 0) is 10.0 Å². The topological polar surface area (TPSA) is 101 Å². The minimum Gasteiger partial charge on any atom is -0.420 e. The Bertz CT molecular complexity index is 917. The lowest BCUT2D eigenvalue weighted by atomic mass is 10.3. The molecule has 7 nitrogen and oxygen atoms in total. The lowest BCUT2D eigenvalue weighted by Crippen LogP contribution is -2.11. The lowest BCUT2D eigenvalue weighted by Gasteiger charge is -2.06. The molecule has 1 aromatic carbocycles. The Labute approximate surface area is 131 Å². The van der Waals surface area contributed by atoms with Gasteiger partial charge in [-0.15, -0.1) is 10.2 Å². The van der Waals surface area contributed by atoms with E-state index in [9.17, 15) is 8.42 Å². The van der Waals surface area contributed by atoms with Crippen molar-refractivity contribution >= 4 is 27.3 Å². The van der Waals surface area contributed by atoms with Crippen LogP contribution in [0.2, 0.25) is 5.02 Å². The molecule has 0 bridgehead atoms. The Hall–Kier alpha value is -2.32. The monoisotopic (exact) mass is 338 g/mol. The van der Waals surface area contributed by atoms with Gasteiger partial charge in [-0.2, -0.15) is 0 Å². The molecule has 0 radical (unpaired) electrons. The average molecular weight is 339 g/mol. The number of nitrogens with zero attached hydrogens (tertiary/aromatic N) is 2. The molecule has 0 atom stereocenters. The Balaban J connectivity index is 1.88. The van der Waals surface area contributed by atoms with Crippen LogP contribution in [-0.4, -0.2) is 23.6 Å². The van der Waals surface area contributed by atoms with Gasteiger partial charge in [0.1, 0.15) is 10.6 Å². The fourth-order valence-electron chi connectivity index (χ4n) is 1.82. The average Bonchev–Trinajstić information content (AvgIpc) is 3.06. The van der Waals surface area contributed by atoms with E-state index in [1.165, 1.54) is 18.3 Å². The Kier molecular flexibility index (Phi) is 3.63. The maximum absolute atomic E-state index is 12.3. The van der Waals surface area contributed by atoms with Crippen molar-refractivity contribution in [3.8, 4) is 11.6 Å². The quantitative estimate of drug-likeness (QED) is 0.761. The molecule has 2 heterocycles. The van der Waals surface area contributed by atoms with E-state index in [0.717, 1.165) is 0 Å². The van der Waals surface area contributed by atoms with Crippen molar-refractivity contribution in [2.75, 3.05) is 4.72 Å². The Morgan fingerprint density at radius 2 is 2.09 bits per heavy atom. The van der Waals surface area contributed by atoms with Gasteiger partial charge in [0.25, 0.3) is 15.9 Å².